The first-order valence-corrected chi connectivity index (χ1v) is 6.59. The largest absolute Gasteiger partial charge is 0.477 e. The summed E-state index contributed by atoms with van der Waals surface area (Å²) in [6.45, 7) is 3.96. The van der Waals surface area contributed by atoms with Gasteiger partial charge >= 0.3 is 5.97 Å². The Balaban J connectivity index is 2.18. The first-order valence-electron chi connectivity index (χ1n) is 5.77. The molecule has 6 nitrogen and oxygen atoms in total. The van der Waals surface area contributed by atoms with Crippen molar-refractivity contribution in [1.82, 2.24) is 9.88 Å². The van der Waals surface area contributed by atoms with Gasteiger partial charge in [-0.3, -0.25) is 0 Å². The summed E-state index contributed by atoms with van der Waals surface area (Å²) in [7, 11) is 3.62. The summed E-state index contributed by atoms with van der Waals surface area (Å²) in [5, 5.41) is 9.92. The van der Waals surface area contributed by atoms with Crippen molar-refractivity contribution in [2.24, 2.45) is 0 Å². The molecule has 1 aromatic rings. The van der Waals surface area contributed by atoms with Crippen LogP contribution >= 0.6 is 11.3 Å². The van der Waals surface area contributed by atoms with E-state index in [0.717, 1.165) is 31.3 Å². The van der Waals surface area contributed by atoms with Crippen molar-refractivity contribution in [1.29, 1.82) is 0 Å². The van der Waals surface area contributed by atoms with Crippen LogP contribution in [-0.2, 0) is 11.3 Å². The molecule has 0 aliphatic carbocycles. The van der Waals surface area contributed by atoms with E-state index in [2.05, 4.69) is 21.8 Å². The summed E-state index contributed by atoms with van der Waals surface area (Å²) >= 11 is 1.23. The molecule has 0 amide bonds. The zero-order chi connectivity index (χ0) is 13.1. The van der Waals surface area contributed by atoms with E-state index >= 15 is 0 Å². The average Bonchev–Trinajstić information content (AvgIpc) is 2.75. The number of hydrogen-bond acceptors (Lipinski definition) is 6. The molecular weight excluding hydrogens is 254 g/mol. The van der Waals surface area contributed by atoms with E-state index in [1.807, 2.05) is 0 Å². The Morgan fingerprint density at radius 3 is 2.67 bits per heavy atom. The molecule has 0 aromatic carbocycles. The van der Waals surface area contributed by atoms with Crippen LogP contribution in [0, 0.1) is 0 Å². The number of methoxy groups -OCH3 is 1. The van der Waals surface area contributed by atoms with Gasteiger partial charge in [0.15, 0.2) is 5.13 Å². The maximum atomic E-state index is 11.1. The molecule has 0 saturated carbocycles. The molecule has 7 heteroatoms. The highest BCUT2D eigenvalue weighted by atomic mass is 32.1. The van der Waals surface area contributed by atoms with E-state index in [1.165, 1.54) is 11.3 Å². The Kier molecular flexibility index (Phi) is 4.15. The Hall–Kier alpha value is -1.18. The second-order valence-electron chi connectivity index (χ2n) is 4.30. The molecule has 2 rings (SSSR count). The van der Waals surface area contributed by atoms with Gasteiger partial charge in [0.05, 0.1) is 12.3 Å². The standard InChI is InChI=1S/C11H17N3O3S/c1-13-3-5-14(6-4-13)11-12-8(7-17-2)9(18-11)10(15)16/h3-7H2,1-2H3,(H,15,16). The van der Waals surface area contributed by atoms with Crippen LogP contribution in [0.3, 0.4) is 0 Å². The Morgan fingerprint density at radius 1 is 1.44 bits per heavy atom. The molecule has 1 saturated heterocycles. The summed E-state index contributed by atoms with van der Waals surface area (Å²) in [5.41, 5.74) is 0.518. The lowest BCUT2D eigenvalue weighted by Gasteiger charge is -2.32. The van der Waals surface area contributed by atoms with Gasteiger partial charge in [-0.05, 0) is 7.05 Å². The highest BCUT2D eigenvalue weighted by molar-refractivity contribution is 7.17. The highest BCUT2D eigenvalue weighted by Crippen LogP contribution is 2.27. The van der Waals surface area contributed by atoms with Crippen molar-refractivity contribution in [3.8, 4) is 0 Å². The number of hydrogen-bond donors (Lipinski definition) is 1. The lowest BCUT2D eigenvalue weighted by Crippen LogP contribution is -2.44. The minimum atomic E-state index is -0.931. The predicted molar refractivity (Wildman–Crippen MR) is 69.5 cm³/mol. The maximum Gasteiger partial charge on any atom is 0.347 e. The van der Waals surface area contributed by atoms with Gasteiger partial charge in [-0.25, -0.2) is 9.78 Å². The minimum absolute atomic E-state index is 0.242. The van der Waals surface area contributed by atoms with E-state index in [4.69, 9.17) is 9.84 Å². The number of nitrogens with zero attached hydrogens (tertiary/aromatic N) is 3. The number of rotatable bonds is 4. The molecule has 2 heterocycles. The van der Waals surface area contributed by atoms with Crippen LogP contribution in [0.4, 0.5) is 5.13 Å². The molecule has 0 radical (unpaired) electrons. The zero-order valence-corrected chi connectivity index (χ0v) is 11.4. The third kappa shape index (κ3) is 2.80. The van der Waals surface area contributed by atoms with Gasteiger partial charge in [-0.15, -0.1) is 0 Å². The number of aromatic nitrogens is 1. The topological polar surface area (TPSA) is 65.9 Å². The highest BCUT2D eigenvalue weighted by Gasteiger charge is 2.22. The fraction of sp³-hybridized carbons (Fsp3) is 0.636. The summed E-state index contributed by atoms with van der Waals surface area (Å²) in [4.78, 5) is 20.2. The quantitative estimate of drug-likeness (QED) is 0.871. The third-order valence-electron chi connectivity index (χ3n) is 2.94. The van der Waals surface area contributed by atoms with Crippen molar-refractivity contribution < 1.29 is 14.6 Å². The number of carboxylic acids is 1. The van der Waals surface area contributed by atoms with Gasteiger partial charge in [-0.1, -0.05) is 11.3 Å². The van der Waals surface area contributed by atoms with E-state index in [1.54, 1.807) is 7.11 Å². The number of likely N-dealkylation sites (N-methyl/N-ethyl adjacent to an activating group) is 1. The maximum absolute atomic E-state index is 11.1. The molecule has 1 aromatic heterocycles. The molecule has 1 N–H and O–H groups in total. The van der Waals surface area contributed by atoms with Crippen molar-refractivity contribution in [3.63, 3.8) is 0 Å². The van der Waals surface area contributed by atoms with Gasteiger partial charge in [0.2, 0.25) is 0 Å². The van der Waals surface area contributed by atoms with Gasteiger partial charge in [0.1, 0.15) is 4.88 Å². The summed E-state index contributed by atoms with van der Waals surface area (Å²) in [5.74, 6) is -0.931. The molecule has 0 spiro atoms. The fourth-order valence-electron chi connectivity index (χ4n) is 1.87. The molecule has 100 valence electrons. The van der Waals surface area contributed by atoms with E-state index < -0.39 is 5.97 Å². The molecule has 0 unspecified atom stereocenters. The number of anilines is 1. The molecular formula is C11H17N3O3S. The number of carbonyl (C=O) groups is 1. The summed E-state index contributed by atoms with van der Waals surface area (Å²) < 4.78 is 4.99. The second kappa shape index (κ2) is 5.64. The fourth-order valence-corrected chi connectivity index (χ4v) is 2.83. The number of carboxylic acid groups (broad SMARTS) is 1. The smallest absolute Gasteiger partial charge is 0.347 e. The predicted octanol–water partition coefficient (Wildman–Crippen LogP) is 0.740. The summed E-state index contributed by atoms with van der Waals surface area (Å²) in [6, 6.07) is 0. The van der Waals surface area contributed by atoms with Gasteiger partial charge in [-0.2, -0.15) is 0 Å². The number of aromatic carboxylic acids is 1. The first-order chi connectivity index (χ1) is 8.61. The van der Waals surface area contributed by atoms with Crippen molar-refractivity contribution in [2.75, 3.05) is 45.2 Å². The van der Waals surface area contributed by atoms with Crippen molar-refractivity contribution >= 4 is 22.4 Å². The van der Waals surface area contributed by atoms with E-state index in [-0.39, 0.29) is 11.5 Å². The Morgan fingerprint density at radius 2 is 2.11 bits per heavy atom. The third-order valence-corrected chi connectivity index (χ3v) is 4.08. The van der Waals surface area contributed by atoms with Gasteiger partial charge < -0.3 is 19.6 Å². The zero-order valence-electron chi connectivity index (χ0n) is 10.5. The van der Waals surface area contributed by atoms with Crippen LogP contribution in [0.5, 0.6) is 0 Å². The SMILES string of the molecule is COCc1nc(N2CCN(C)CC2)sc1C(=O)O. The Labute approximate surface area is 110 Å². The van der Waals surface area contributed by atoms with Crippen molar-refractivity contribution in [3.05, 3.63) is 10.6 Å². The van der Waals surface area contributed by atoms with E-state index in [9.17, 15) is 4.79 Å². The lowest BCUT2D eigenvalue weighted by molar-refractivity contribution is 0.0697. The number of piperazine rings is 1. The van der Waals surface area contributed by atoms with Gasteiger partial charge in [0.25, 0.3) is 0 Å². The van der Waals surface area contributed by atoms with E-state index in [0.29, 0.717) is 5.69 Å². The normalized spacial score (nSPS) is 17.1. The van der Waals surface area contributed by atoms with Crippen LogP contribution in [0.2, 0.25) is 0 Å². The average molecular weight is 271 g/mol. The van der Waals surface area contributed by atoms with Crippen molar-refractivity contribution in [2.45, 2.75) is 6.61 Å². The molecule has 1 aliphatic heterocycles. The first kappa shape index (κ1) is 13.3. The molecule has 1 fully saturated rings. The minimum Gasteiger partial charge on any atom is -0.477 e. The van der Waals surface area contributed by atoms with Crippen LogP contribution in [0.15, 0.2) is 0 Å². The molecule has 0 bridgehead atoms. The number of ether oxygens (including phenoxy) is 1. The molecule has 1 aliphatic rings. The second-order valence-corrected chi connectivity index (χ2v) is 5.28. The molecule has 18 heavy (non-hydrogen) atoms. The monoisotopic (exact) mass is 271 g/mol. The van der Waals surface area contributed by atoms with Crippen LogP contribution in [-0.4, -0.2) is 61.3 Å². The lowest BCUT2D eigenvalue weighted by atomic mass is 10.3. The van der Waals surface area contributed by atoms with Crippen LogP contribution < -0.4 is 4.90 Å². The van der Waals surface area contributed by atoms with Crippen LogP contribution in [0.1, 0.15) is 15.4 Å². The van der Waals surface area contributed by atoms with Gasteiger partial charge in [0, 0.05) is 33.3 Å². The number of thiazole rings is 1. The Bertz CT molecular complexity index is 427. The molecule has 0 atom stereocenters. The van der Waals surface area contributed by atoms with Crippen LogP contribution in [0.25, 0.3) is 0 Å². The summed E-state index contributed by atoms with van der Waals surface area (Å²) in [6.07, 6.45) is 0.